The number of carbonyl (C=O) groups excluding carboxylic acids is 1. The summed E-state index contributed by atoms with van der Waals surface area (Å²) >= 11 is 3.50. The van der Waals surface area contributed by atoms with Crippen LogP contribution < -0.4 is 4.90 Å². The first-order valence-corrected chi connectivity index (χ1v) is 6.43. The molecular weight excluding hydrogens is 292 g/mol. The van der Waals surface area contributed by atoms with Crippen molar-refractivity contribution in [3.63, 3.8) is 0 Å². The third kappa shape index (κ3) is 1.44. The number of rotatable bonds is 2. The van der Waals surface area contributed by atoms with Crippen LogP contribution in [-0.2, 0) is 0 Å². The van der Waals surface area contributed by atoms with Crippen LogP contribution in [0, 0.1) is 11.3 Å². The molecule has 0 radical (unpaired) electrons. The fourth-order valence-corrected chi connectivity index (χ4v) is 2.86. The quantitative estimate of drug-likeness (QED) is 0.852. The van der Waals surface area contributed by atoms with E-state index in [1.54, 1.807) is 4.90 Å². The lowest BCUT2D eigenvalue weighted by Crippen LogP contribution is -2.27. The normalized spacial score (nSPS) is 13.1. The molecule has 2 aromatic carbocycles. The van der Waals surface area contributed by atoms with Gasteiger partial charge in [-0.1, -0.05) is 28.1 Å². The summed E-state index contributed by atoms with van der Waals surface area (Å²) in [5, 5.41) is 10.7. The van der Waals surface area contributed by atoms with Crippen LogP contribution in [0.2, 0.25) is 0 Å². The number of carbonyl (C=O) groups is 1. The molecule has 1 aliphatic heterocycles. The summed E-state index contributed by atoms with van der Waals surface area (Å²) in [6.07, 6.45) is 0.345. The summed E-state index contributed by atoms with van der Waals surface area (Å²) in [6.45, 7) is 0.445. The van der Waals surface area contributed by atoms with Crippen LogP contribution in [0.15, 0.2) is 34.8 Å². The Balaban J connectivity index is 2.25. The Hall–Kier alpha value is -1.86. The van der Waals surface area contributed by atoms with Gasteiger partial charge in [0.2, 0.25) is 0 Å². The third-order valence-electron chi connectivity index (χ3n) is 3.18. The molecule has 0 spiro atoms. The van der Waals surface area contributed by atoms with E-state index < -0.39 is 0 Å². The van der Waals surface area contributed by atoms with Crippen molar-refractivity contribution >= 4 is 38.3 Å². The number of nitrogens with zero attached hydrogens (tertiary/aromatic N) is 2. The van der Waals surface area contributed by atoms with E-state index in [0.29, 0.717) is 13.0 Å². The van der Waals surface area contributed by atoms with Gasteiger partial charge in [0, 0.05) is 22.0 Å². The SMILES string of the molecule is N#CCCN1C(=O)c2cccc3c(Br)ccc1c23. The zero-order valence-electron chi connectivity index (χ0n) is 9.48. The van der Waals surface area contributed by atoms with Crippen LogP contribution in [0.5, 0.6) is 0 Å². The molecule has 0 aliphatic carbocycles. The molecule has 0 N–H and O–H groups in total. The van der Waals surface area contributed by atoms with Gasteiger partial charge >= 0.3 is 0 Å². The maximum absolute atomic E-state index is 12.3. The van der Waals surface area contributed by atoms with Crippen molar-refractivity contribution in [2.24, 2.45) is 0 Å². The highest BCUT2D eigenvalue weighted by Gasteiger charge is 2.29. The Morgan fingerprint density at radius 2 is 2.11 bits per heavy atom. The summed E-state index contributed by atoms with van der Waals surface area (Å²) in [7, 11) is 0. The van der Waals surface area contributed by atoms with Gasteiger partial charge in [0.05, 0.1) is 18.2 Å². The van der Waals surface area contributed by atoms with Gasteiger partial charge in [-0.3, -0.25) is 4.79 Å². The first kappa shape index (κ1) is 11.2. The van der Waals surface area contributed by atoms with E-state index in [2.05, 4.69) is 22.0 Å². The van der Waals surface area contributed by atoms with Crippen LogP contribution in [0.25, 0.3) is 10.8 Å². The van der Waals surface area contributed by atoms with Gasteiger partial charge in [-0.15, -0.1) is 0 Å². The molecule has 0 aromatic heterocycles. The minimum Gasteiger partial charge on any atom is -0.307 e. The number of halogens is 1. The molecule has 3 rings (SSSR count). The fraction of sp³-hybridized carbons (Fsp3) is 0.143. The van der Waals surface area contributed by atoms with Crippen molar-refractivity contribution in [2.75, 3.05) is 11.4 Å². The molecular formula is C14H9BrN2O. The highest BCUT2D eigenvalue weighted by molar-refractivity contribution is 9.10. The molecule has 0 saturated carbocycles. The van der Waals surface area contributed by atoms with Crippen LogP contribution in [0.3, 0.4) is 0 Å². The lowest BCUT2D eigenvalue weighted by molar-refractivity contribution is 0.0993. The number of anilines is 1. The Bertz CT molecular complexity index is 703. The van der Waals surface area contributed by atoms with E-state index in [1.807, 2.05) is 30.3 Å². The molecule has 3 nitrogen and oxygen atoms in total. The predicted octanol–water partition coefficient (Wildman–Crippen LogP) is 3.48. The highest BCUT2D eigenvalue weighted by Crippen LogP contribution is 2.40. The minimum absolute atomic E-state index is 0.0102. The molecule has 0 atom stereocenters. The van der Waals surface area contributed by atoms with Crippen molar-refractivity contribution in [2.45, 2.75) is 6.42 Å². The first-order chi connectivity index (χ1) is 8.74. The molecule has 18 heavy (non-hydrogen) atoms. The minimum atomic E-state index is -0.0102. The Morgan fingerprint density at radius 3 is 2.89 bits per heavy atom. The van der Waals surface area contributed by atoms with Crippen molar-refractivity contribution < 1.29 is 4.79 Å². The van der Waals surface area contributed by atoms with E-state index in [1.165, 1.54) is 0 Å². The average molecular weight is 301 g/mol. The number of hydrogen-bond acceptors (Lipinski definition) is 2. The van der Waals surface area contributed by atoms with Gasteiger partial charge in [-0.2, -0.15) is 5.26 Å². The van der Waals surface area contributed by atoms with E-state index in [-0.39, 0.29) is 5.91 Å². The largest absolute Gasteiger partial charge is 0.307 e. The maximum atomic E-state index is 12.3. The van der Waals surface area contributed by atoms with Gasteiger partial charge < -0.3 is 4.90 Å². The van der Waals surface area contributed by atoms with E-state index in [9.17, 15) is 4.79 Å². The molecule has 1 heterocycles. The summed E-state index contributed by atoms with van der Waals surface area (Å²) in [5.41, 5.74) is 1.63. The molecule has 0 fully saturated rings. The number of benzene rings is 2. The number of hydrogen-bond donors (Lipinski definition) is 0. The Labute approximate surface area is 113 Å². The van der Waals surface area contributed by atoms with Crippen LogP contribution >= 0.6 is 15.9 Å². The van der Waals surface area contributed by atoms with Gasteiger partial charge in [-0.25, -0.2) is 0 Å². The van der Waals surface area contributed by atoms with Gasteiger partial charge in [0.15, 0.2) is 0 Å². The van der Waals surface area contributed by atoms with Crippen molar-refractivity contribution in [1.82, 2.24) is 0 Å². The molecule has 2 aromatic rings. The molecule has 1 aliphatic rings. The third-order valence-corrected chi connectivity index (χ3v) is 3.87. The van der Waals surface area contributed by atoms with E-state index >= 15 is 0 Å². The van der Waals surface area contributed by atoms with Gasteiger partial charge in [-0.05, 0) is 23.6 Å². The molecule has 88 valence electrons. The van der Waals surface area contributed by atoms with E-state index in [4.69, 9.17) is 5.26 Å². The second kappa shape index (κ2) is 4.11. The van der Waals surface area contributed by atoms with Crippen molar-refractivity contribution in [1.29, 1.82) is 5.26 Å². The van der Waals surface area contributed by atoms with Crippen molar-refractivity contribution in [3.05, 3.63) is 40.4 Å². The summed E-state index contributed by atoms with van der Waals surface area (Å²) in [5.74, 6) is -0.0102. The lowest BCUT2D eigenvalue weighted by Gasteiger charge is -2.15. The second-order valence-electron chi connectivity index (χ2n) is 4.16. The summed E-state index contributed by atoms with van der Waals surface area (Å²) in [6, 6.07) is 11.7. The zero-order valence-corrected chi connectivity index (χ0v) is 11.1. The van der Waals surface area contributed by atoms with Gasteiger partial charge in [0.25, 0.3) is 5.91 Å². The van der Waals surface area contributed by atoms with Crippen LogP contribution in [0.4, 0.5) is 5.69 Å². The van der Waals surface area contributed by atoms with Crippen LogP contribution in [-0.4, -0.2) is 12.5 Å². The molecule has 1 amide bonds. The Morgan fingerprint density at radius 1 is 1.28 bits per heavy atom. The zero-order chi connectivity index (χ0) is 12.7. The lowest BCUT2D eigenvalue weighted by atomic mass is 10.1. The second-order valence-corrected chi connectivity index (χ2v) is 5.01. The highest BCUT2D eigenvalue weighted by atomic mass is 79.9. The predicted molar refractivity (Wildman–Crippen MR) is 73.6 cm³/mol. The molecule has 0 saturated heterocycles. The summed E-state index contributed by atoms with van der Waals surface area (Å²) in [4.78, 5) is 14.0. The standard InChI is InChI=1S/C14H9BrN2O/c15-11-5-6-12-13-9(11)3-1-4-10(13)14(18)17(12)8-2-7-16/h1,3-6H,2,8H2. The topological polar surface area (TPSA) is 44.1 Å². The summed E-state index contributed by atoms with van der Waals surface area (Å²) < 4.78 is 0.984. The van der Waals surface area contributed by atoms with Crippen molar-refractivity contribution in [3.8, 4) is 6.07 Å². The molecule has 0 unspecified atom stereocenters. The fourth-order valence-electron chi connectivity index (χ4n) is 2.39. The monoisotopic (exact) mass is 300 g/mol. The molecule has 4 heteroatoms. The average Bonchev–Trinajstić information content (AvgIpc) is 2.66. The number of amides is 1. The maximum Gasteiger partial charge on any atom is 0.259 e. The molecule has 0 bridgehead atoms. The first-order valence-electron chi connectivity index (χ1n) is 5.64. The van der Waals surface area contributed by atoms with Gasteiger partial charge in [0.1, 0.15) is 0 Å². The smallest absolute Gasteiger partial charge is 0.259 e. The number of nitriles is 1. The van der Waals surface area contributed by atoms with Crippen LogP contribution in [0.1, 0.15) is 16.8 Å². The Kier molecular flexibility index (Phi) is 2.57. The van der Waals surface area contributed by atoms with E-state index in [0.717, 1.165) is 26.5 Å².